The number of carbonyl (C=O) groups is 3. The van der Waals surface area contributed by atoms with Crippen LogP contribution in [0.3, 0.4) is 0 Å². The van der Waals surface area contributed by atoms with Crippen LogP contribution >= 0.6 is 11.6 Å². The molecule has 3 fully saturated rings. The molecule has 3 amide bonds. The van der Waals surface area contributed by atoms with Gasteiger partial charge in [0.15, 0.2) is 0 Å². The van der Waals surface area contributed by atoms with Gasteiger partial charge in [-0.25, -0.2) is 4.79 Å². The maximum Gasteiger partial charge on any atom is 0.408 e. The van der Waals surface area contributed by atoms with Gasteiger partial charge in [-0.3, -0.25) is 9.59 Å². The Labute approximate surface area is 262 Å². The number of fused-ring (bicyclic) bond motifs is 2. The maximum atomic E-state index is 14.1. The Bertz CT molecular complexity index is 1180. The lowest BCUT2D eigenvalue weighted by molar-refractivity contribution is -0.157. The van der Waals surface area contributed by atoms with E-state index in [9.17, 15) is 19.5 Å². The van der Waals surface area contributed by atoms with E-state index in [1.54, 1.807) is 37.8 Å². The van der Waals surface area contributed by atoms with Crippen molar-refractivity contribution in [3.8, 4) is 0 Å². The van der Waals surface area contributed by atoms with Gasteiger partial charge in [0.05, 0.1) is 5.60 Å². The summed E-state index contributed by atoms with van der Waals surface area (Å²) in [7, 11) is 0. The van der Waals surface area contributed by atoms with E-state index in [2.05, 4.69) is 17.6 Å². The van der Waals surface area contributed by atoms with Crippen molar-refractivity contribution in [1.29, 1.82) is 0 Å². The van der Waals surface area contributed by atoms with Gasteiger partial charge in [-0.05, 0) is 87.3 Å². The van der Waals surface area contributed by atoms with Gasteiger partial charge in [0.1, 0.15) is 17.7 Å². The van der Waals surface area contributed by atoms with Crippen molar-refractivity contribution in [3.63, 3.8) is 0 Å². The fourth-order valence-electron chi connectivity index (χ4n) is 7.89. The van der Waals surface area contributed by atoms with Crippen molar-refractivity contribution < 1.29 is 24.2 Å². The molecule has 240 valence electrons. The number of halogens is 1. The molecule has 1 heterocycles. The number of hydrogen-bond acceptors (Lipinski definition) is 5. The Kier molecular flexibility index (Phi) is 9.55. The van der Waals surface area contributed by atoms with Crippen LogP contribution in [0.2, 0.25) is 5.02 Å². The number of benzene rings is 1. The molecule has 9 heteroatoms. The Morgan fingerprint density at radius 3 is 2.12 bits per heavy atom. The normalized spacial score (nSPS) is 30.0. The van der Waals surface area contributed by atoms with E-state index in [0.717, 1.165) is 31.2 Å². The molecule has 2 aliphatic carbocycles. The van der Waals surface area contributed by atoms with Crippen LogP contribution in [0.1, 0.15) is 99.5 Å². The topological polar surface area (TPSA) is 108 Å². The van der Waals surface area contributed by atoms with Gasteiger partial charge in [0.2, 0.25) is 11.8 Å². The Morgan fingerprint density at radius 2 is 1.60 bits per heavy atom. The fourth-order valence-corrected chi connectivity index (χ4v) is 8.01. The highest BCUT2D eigenvalue weighted by atomic mass is 35.5. The van der Waals surface area contributed by atoms with Gasteiger partial charge in [-0.15, -0.1) is 0 Å². The first-order valence-electron chi connectivity index (χ1n) is 15.9. The number of hydrogen-bond donors (Lipinski definition) is 3. The molecule has 3 N–H and O–H groups in total. The van der Waals surface area contributed by atoms with Gasteiger partial charge < -0.3 is 25.4 Å². The molecule has 1 aromatic carbocycles. The molecule has 2 unspecified atom stereocenters. The predicted molar refractivity (Wildman–Crippen MR) is 168 cm³/mol. The number of carbonyl (C=O) groups excluding carboxylic acids is 3. The molecule has 43 heavy (non-hydrogen) atoms. The summed E-state index contributed by atoms with van der Waals surface area (Å²) in [5, 5.41) is 18.4. The average molecular weight is 618 g/mol. The third-order valence-corrected chi connectivity index (χ3v) is 10.3. The Morgan fingerprint density at radius 1 is 1.02 bits per heavy atom. The van der Waals surface area contributed by atoms with Gasteiger partial charge in [0, 0.05) is 23.5 Å². The summed E-state index contributed by atoms with van der Waals surface area (Å²) in [6, 6.07) is 5.62. The molecule has 4 rings (SSSR count). The highest BCUT2D eigenvalue weighted by Gasteiger charge is 2.52. The number of aliphatic hydroxyl groups is 1. The van der Waals surface area contributed by atoms with Crippen LogP contribution in [0.4, 0.5) is 4.79 Å². The van der Waals surface area contributed by atoms with Crippen LogP contribution in [-0.4, -0.2) is 58.7 Å². The minimum absolute atomic E-state index is 0.181. The first kappa shape index (κ1) is 33.6. The second-order valence-electron chi connectivity index (χ2n) is 15.7. The van der Waals surface area contributed by atoms with E-state index >= 15 is 0 Å². The van der Waals surface area contributed by atoms with E-state index < -0.39 is 40.2 Å². The molecule has 0 aromatic heterocycles. The molecule has 8 nitrogen and oxygen atoms in total. The number of nitrogens with zero attached hydrogens (tertiary/aromatic N) is 1. The highest BCUT2D eigenvalue weighted by Crippen LogP contribution is 2.52. The second-order valence-corrected chi connectivity index (χ2v) is 16.1. The molecule has 2 saturated carbocycles. The van der Waals surface area contributed by atoms with Crippen LogP contribution in [0.25, 0.3) is 0 Å². The molecule has 3 aliphatic rings. The predicted octanol–water partition coefficient (Wildman–Crippen LogP) is 6.04. The van der Waals surface area contributed by atoms with Gasteiger partial charge in [-0.2, -0.15) is 0 Å². The van der Waals surface area contributed by atoms with Crippen LogP contribution in [-0.2, 0) is 19.9 Å². The first-order valence-corrected chi connectivity index (χ1v) is 16.3. The minimum atomic E-state index is -1.14. The number of piperidine rings is 1. The number of nitrogens with one attached hydrogen (secondary N) is 2. The van der Waals surface area contributed by atoms with Gasteiger partial charge in [0.25, 0.3) is 0 Å². The van der Waals surface area contributed by atoms with Gasteiger partial charge in [-0.1, -0.05) is 71.2 Å². The molecule has 1 aliphatic heterocycles. The van der Waals surface area contributed by atoms with Crippen LogP contribution < -0.4 is 10.6 Å². The van der Waals surface area contributed by atoms with Crippen molar-refractivity contribution in [1.82, 2.24) is 15.5 Å². The summed E-state index contributed by atoms with van der Waals surface area (Å²) in [5.41, 5.74) is -2.17. The summed E-state index contributed by atoms with van der Waals surface area (Å²) < 4.78 is 5.57. The summed E-state index contributed by atoms with van der Waals surface area (Å²) in [4.78, 5) is 42.9. The lowest BCUT2D eigenvalue weighted by Crippen LogP contribution is -2.63. The summed E-state index contributed by atoms with van der Waals surface area (Å²) in [6.07, 6.45) is 4.91. The van der Waals surface area contributed by atoms with Gasteiger partial charge >= 0.3 is 6.09 Å². The zero-order valence-electron chi connectivity index (χ0n) is 27.3. The maximum absolute atomic E-state index is 14.1. The number of ether oxygens (including phenoxy) is 1. The van der Waals surface area contributed by atoms with Crippen molar-refractivity contribution in [2.75, 3.05) is 13.1 Å². The Balaban J connectivity index is 1.53. The molecule has 1 aromatic rings. The second kappa shape index (κ2) is 12.2. The van der Waals surface area contributed by atoms with E-state index in [1.807, 2.05) is 39.8 Å². The van der Waals surface area contributed by atoms with E-state index in [-0.39, 0.29) is 17.7 Å². The quantitative estimate of drug-likeness (QED) is 0.346. The zero-order chi connectivity index (χ0) is 32.0. The monoisotopic (exact) mass is 617 g/mol. The van der Waals surface area contributed by atoms with Crippen LogP contribution in [0.15, 0.2) is 24.3 Å². The molecule has 0 radical (unpaired) electrons. The third-order valence-electron chi connectivity index (χ3n) is 10.1. The average Bonchev–Trinajstić information content (AvgIpc) is 3.24. The third kappa shape index (κ3) is 7.33. The number of amides is 3. The van der Waals surface area contributed by atoms with Crippen LogP contribution in [0, 0.1) is 28.6 Å². The molecule has 2 bridgehead atoms. The number of alkyl carbamates (subject to hydrolysis) is 1. The lowest BCUT2D eigenvalue weighted by atomic mass is 9.66. The molecule has 0 spiro atoms. The number of likely N-dealkylation sites (tertiary alicyclic amines) is 1. The minimum Gasteiger partial charge on any atom is -0.444 e. The fraction of sp³-hybridized carbons (Fsp3) is 0.735. The molecular weight excluding hydrogens is 566 g/mol. The highest BCUT2D eigenvalue weighted by molar-refractivity contribution is 6.30. The number of rotatable bonds is 7. The van der Waals surface area contributed by atoms with Crippen molar-refractivity contribution in [3.05, 3.63) is 34.9 Å². The lowest BCUT2D eigenvalue weighted by Gasteiger charge is -2.51. The van der Waals surface area contributed by atoms with Crippen molar-refractivity contribution in [2.24, 2.45) is 28.6 Å². The van der Waals surface area contributed by atoms with Crippen molar-refractivity contribution >= 4 is 29.5 Å². The van der Waals surface area contributed by atoms with E-state index in [0.29, 0.717) is 36.4 Å². The molecule has 1 saturated heterocycles. The SMILES string of the molecule is CC(C)[C@@H](NC(=O)[C@@H](NC(=O)OC(C)(C)C)C1(C)CC2CCC(C2)C1)C(=O)N1CC[C@](O)(c2ccc(Cl)cc2)C(C)(C)C1. The van der Waals surface area contributed by atoms with Crippen molar-refractivity contribution in [2.45, 2.75) is 117 Å². The Hall–Kier alpha value is -2.32. The zero-order valence-corrected chi connectivity index (χ0v) is 28.0. The largest absolute Gasteiger partial charge is 0.444 e. The molecular formula is C34H52ClN3O5. The summed E-state index contributed by atoms with van der Waals surface area (Å²) in [5.74, 6) is 0.359. The molecule has 5 atom stereocenters. The smallest absolute Gasteiger partial charge is 0.408 e. The van der Waals surface area contributed by atoms with E-state index in [1.165, 1.54) is 6.42 Å². The standard InChI is InChI=1S/C34H52ClN3O5/c1-21(2)26(29(40)38-16-15-34(42,32(6,7)20-38)24-11-13-25(35)14-12-24)36-28(39)27(37-30(41)43-31(3,4)5)33(8)18-22-9-10-23(17-22)19-33/h11-14,21-23,26-27,42H,9-10,15-20H2,1-8H3,(H,36,39)(H,37,41)/t22?,23?,26-,27-,33?,34+/m1/s1. The summed E-state index contributed by atoms with van der Waals surface area (Å²) >= 11 is 6.09. The first-order chi connectivity index (χ1) is 19.8. The van der Waals surface area contributed by atoms with E-state index in [4.69, 9.17) is 16.3 Å². The summed E-state index contributed by atoms with van der Waals surface area (Å²) in [6.45, 7) is 15.9. The van der Waals surface area contributed by atoms with Crippen LogP contribution in [0.5, 0.6) is 0 Å².